The van der Waals surface area contributed by atoms with E-state index in [2.05, 4.69) is 67.8 Å². The van der Waals surface area contributed by atoms with E-state index in [1.165, 1.54) is 135 Å². The number of carbonyl (C=O) groups is 1. The predicted molar refractivity (Wildman–Crippen MR) is 279 cm³/mol. The number of aliphatic hydroxyl groups is 7. The van der Waals surface area contributed by atoms with Gasteiger partial charge in [-0.05, 0) is 83.5 Å². The lowest BCUT2D eigenvalue weighted by molar-refractivity contribution is -0.303. The molecule has 0 aromatic rings. The van der Waals surface area contributed by atoms with E-state index in [0.717, 1.165) is 57.8 Å². The molecule has 8 N–H and O–H groups in total. The maximum Gasteiger partial charge on any atom is 0.249 e. The van der Waals surface area contributed by atoms with Crippen molar-refractivity contribution in [2.45, 2.75) is 294 Å². The molecular weight excluding hydrogens is 859 g/mol. The SMILES string of the molecule is CCCC/C=C\CCCCCCC(O)C(=O)NC(COC1OC(CO)C(O)C(O)C1O)C(O)C(O)CCC/C=C/CC/C=C/CC/C=C/CCCCCCCCCCCCCCCCCCCC. The van der Waals surface area contributed by atoms with Gasteiger partial charge < -0.3 is 50.5 Å². The molecule has 1 aliphatic heterocycles. The Balaban J connectivity index is 2.27. The minimum atomic E-state index is -1.67. The maximum atomic E-state index is 13.1. The van der Waals surface area contributed by atoms with Crippen LogP contribution < -0.4 is 5.32 Å². The summed E-state index contributed by atoms with van der Waals surface area (Å²) in [5, 5.41) is 75.7. The molecule has 11 heteroatoms. The molecule has 68 heavy (non-hydrogen) atoms. The third-order valence-corrected chi connectivity index (χ3v) is 13.3. The molecule has 9 atom stereocenters. The summed E-state index contributed by atoms with van der Waals surface area (Å²) < 4.78 is 11.1. The molecule has 0 bridgehead atoms. The second-order valence-electron chi connectivity index (χ2n) is 19.6. The summed E-state index contributed by atoms with van der Waals surface area (Å²) in [6.45, 7) is 3.37. The van der Waals surface area contributed by atoms with E-state index in [1.807, 2.05) is 0 Å². The lowest BCUT2D eigenvalue weighted by Crippen LogP contribution is -2.60. The van der Waals surface area contributed by atoms with Gasteiger partial charge >= 0.3 is 0 Å². The van der Waals surface area contributed by atoms with Gasteiger partial charge in [-0.1, -0.05) is 204 Å². The first-order valence-electron chi connectivity index (χ1n) is 28.0. The average molecular weight is 964 g/mol. The van der Waals surface area contributed by atoms with Crippen molar-refractivity contribution in [3.05, 3.63) is 48.6 Å². The summed E-state index contributed by atoms with van der Waals surface area (Å²) in [6, 6.07) is -1.20. The number of nitrogens with one attached hydrogen (secondary N) is 1. The van der Waals surface area contributed by atoms with Crippen molar-refractivity contribution in [2.75, 3.05) is 13.2 Å². The van der Waals surface area contributed by atoms with E-state index < -0.39 is 74.2 Å². The summed E-state index contributed by atoms with van der Waals surface area (Å²) in [6.07, 6.45) is 46.4. The van der Waals surface area contributed by atoms with E-state index in [1.54, 1.807) is 0 Å². The number of amides is 1. The monoisotopic (exact) mass is 964 g/mol. The van der Waals surface area contributed by atoms with Crippen LogP contribution in [0.3, 0.4) is 0 Å². The van der Waals surface area contributed by atoms with Crippen LogP contribution in [0.1, 0.15) is 239 Å². The van der Waals surface area contributed by atoms with Gasteiger partial charge in [-0.3, -0.25) is 4.79 Å². The van der Waals surface area contributed by atoms with Crippen molar-refractivity contribution < 1.29 is 50.0 Å². The molecule has 0 radical (unpaired) electrons. The quantitative estimate of drug-likeness (QED) is 0.0215. The van der Waals surface area contributed by atoms with Crippen LogP contribution >= 0.6 is 0 Å². The minimum Gasteiger partial charge on any atom is -0.394 e. The van der Waals surface area contributed by atoms with Crippen molar-refractivity contribution in [2.24, 2.45) is 0 Å². The first kappa shape index (κ1) is 64.1. The van der Waals surface area contributed by atoms with Gasteiger partial charge in [0.1, 0.15) is 36.6 Å². The van der Waals surface area contributed by atoms with Crippen LogP contribution in [0.25, 0.3) is 0 Å². The van der Waals surface area contributed by atoms with E-state index in [-0.39, 0.29) is 12.8 Å². The molecule has 1 amide bonds. The van der Waals surface area contributed by atoms with Gasteiger partial charge in [-0.15, -0.1) is 0 Å². The zero-order valence-electron chi connectivity index (χ0n) is 43.3. The summed E-state index contributed by atoms with van der Waals surface area (Å²) in [5.41, 5.74) is 0. The van der Waals surface area contributed by atoms with Gasteiger partial charge in [0.2, 0.25) is 5.91 Å². The molecule has 1 saturated heterocycles. The summed E-state index contributed by atoms with van der Waals surface area (Å²) in [5.74, 6) is -0.725. The van der Waals surface area contributed by atoms with Gasteiger partial charge in [0, 0.05) is 0 Å². The Morgan fingerprint density at radius 2 is 0.897 bits per heavy atom. The van der Waals surface area contributed by atoms with E-state index in [9.17, 15) is 40.5 Å². The van der Waals surface area contributed by atoms with Crippen LogP contribution in [0.4, 0.5) is 0 Å². The summed E-state index contributed by atoms with van der Waals surface area (Å²) >= 11 is 0. The van der Waals surface area contributed by atoms with Crippen molar-refractivity contribution in [3.63, 3.8) is 0 Å². The van der Waals surface area contributed by atoms with Gasteiger partial charge in [0.25, 0.3) is 0 Å². The highest BCUT2D eigenvalue weighted by Crippen LogP contribution is 2.23. The lowest BCUT2D eigenvalue weighted by Gasteiger charge is -2.40. The van der Waals surface area contributed by atoms with Gasteiger partial charge in [0.05, 0.1) is 25.4 Å². The fourth-order valence-electron chi connectivity index (χ4n) is 8.69. The first-order chi connectivity index (χ1) is 33.2. The fourth-order valence-corrected chi connectivity index (χ4v) is 8.69. The van der Waals surface area contributed by atoms with Crippen LogP contribution in [0.15, 0.2) is 48.6 Å². The average Bonchev–Trinajstić information content (AvgIpc) is 3.34. The third-order valence-electron chi connectivity index (χ3n) is 13.3. The Kier molecular flexibility index (Phi) is 43.5. The Morgan fingerprint density at radius 1 is 0.500 bits per heavy atom. The molecule has 0 aromatic carbocycles. The van der Waals surface area contributed by atoms with Crippen LogP contribution in [0, 0.1) is 0 Å². The molecular formula is C57H105NO10. The zero-order chi connectivity index (χ0) is 49.7. The molecule has 0 saturated carbocycles. The molecule has 9 unspecified atom stereocenters. The van der Waals surface area contributed by atoms with Crippen LogP contribution in [-0.2, 0) is 14.3 Å². The van der Waals surface area contributed by atoms with Crippen LogP contribution in [0.2, 0.25) is 0 Å². The first-order valence-corrected chi connectivity index (χ1v) is 28.0. The standard InChI is InChI=1S/C57H105NO10/c1-3-5-7-9-11-13-15-16-17-18-19-20-21-22-23-24-25-26-27-28-29-30-31-32-33-34-35-37-38-40-42-44-49(60)52(62)48(47-67-57-55(65)54(64)53(63)51(46-59)68-57)58-56(66)50(61)45-43-41-39-36-14-12-10-8-6-4-2/h10,12,28-29,32-33,37-38,48-55,57,59-65H,3-9,11,13-27,30-31,34-36,39-47H2,1-2H3,(H,58,66)/b12-10-,29-28+,33-32+,38-37+. The second-order valence-corrected chi connectivity index (χ2v) is 19.6. The second kappa shape index (κ2) is 46.2. The van der Waals surface area contributed by atoms with Crippen molar-refractivity contribution >= 4 is 5.91 Å². The molecule has 0 aromatic heterocycles. The number of ether oxygens (including phenoxy) is 2. The zero-order valence-corrected chi connectivity index (χ0v) is 43.3. The maximum absolute atomic E-state index is 13.1. The molecule has 0 aliphatic carbocycles. The molecule has 11 nitrogen and oxygen atoms in total. The molecule has 1 fully saturated rings. The van der Waals surface area contributed by atoms with Crippen molar-refractivity contribution in [1.29, 1.82) is 0 Å². The number of hydrogen-bond donors (Lipinski definition) is 8. The van der Waals surface area contributed by atoms with Crippen LogP contribution in [0.5, 0.6) is 0 Å². The number of rotatable bonds is 47. The van der Waals surface area contributed by atoms with Gasteiger partial charge in [0.15, 0.2) is 6.29 Å². The number of unbranched alkanes of at least 4 members (excludes halogenated alkanes) is 27. The number of aliphatic hydroxyl groups excluding tert-OH is 7. The summed E-state index contributed by atoms with van der Waals surface area (Å²) in [7, 11) is 0. The van der Waals surface area contributed by atoms with Crippen molar-refractivity contribution in [3.8, 4) is 0 Å². The molecule has 398 valence electrons. The highest BCUT2D eigenvalue weighted by atomic mass is 16.7. The molecule has 1 aliphatic rings. The molecule has 1 rings (SSSR count). The third kappa shape index (κ3) is 34.4. The number of allylic oxidation sites excluding steroid dienone is 8. The van der Waals surface area contributed by atoms with Gasteiger partial charge in [-0.2, -0.15) is 0 Å². The fraction of sp³-hybridized carbons (Fsp3) is 0.842. The smallest absolute Gasteiger partial charge is 0.249 e. The lowest BCUT2D eigenvalue weighted by atomic mass is 9.98. The Labute approximate surface area is 415 Å². The Bertz CT molecular complexity index is 1240. The topological polar surface area (TPSA) is 189 Å². The Hall–Kier alpha value is -1.93. The van der Waals surface area contributed by atoms with Crippen LogP contribution in [-0.4, -0.2) is 110 Å². The normalized spacial score (nSPS) is 20.9. The number of hydrogen-bond acceptors (Lipinski definition) is 10. The predicted octanol–water partition coefficient (Wildman–Crippen LogP) is 11.3. The minimum absolute atomic E-state index is 0.232. The number of carbonyl (C=O) groups excluding carboxylic acids is 1. The molecule has 0 spiro atoms. The molecule has 1 heterocycles. The highest BCUT2D eigenvalue weighted by molar-refractivity contribution is 5.80. The van der Waals surface area contributed by atoms with Crippen molar-refractivity contribution in [1.82, 2.24) is 5.32 Å². The van der Waals surface area contributed by atoms with E-state index in [0.29, 0.717) is 19.3 Å². The Morgan fingerprint density at radius 3 is 1.35 bits per heavy atom. The van der Waals surface area contributed by atoms with Gasteiger partial charge in [-0.25, -0.2) is 0 Å². The van der Waals surface area contributed by atoms with E-state index >= 15 is 0 Å². The summed E-state index contributed by atoms with van der Waals surface area (Å²) in [4.78, 5) is 13.1. The highest BCUT2D eigenvalue weighted by Gasteiger charge is 2.44. The van der Waals surface area contributed by atoms with E-state index in [4.69, 9.17) is 9.47 Å². The largest absolute Gasteiger partial charge is 0.394 e.